The summed E-state index contributed by atoms with van der Waals surface area (Å²) < 4.78 is 5.14. The van der Waals surface area contributed by atoms with Gasteiger partial charge in [0, 0.05) is 30.3 Å². The normalized spacial score (nSPS) is 11.1. The lowest BCUT2D eigenvalue weighted by molar-refractivity contribution is -0.142. The van der Waals surface area contributed by atoms with Crippen molar-refractivity contribution in [3.63, 3.8) is 0 Å². The molecule has 0 radical (unpaired) electrons. The molecule has 2 aromatic carbocycles. The van der Waals surface area contributed by atoms with E-state index in [-0.39, 0.29) is 12.6 Å². The van der Waals surface area contributed by atoms with Gasteiger partial charge in [0.05, 0.1) is 0 Å². The van der Waals surface area contributed by atoms with Gasteiger partial charge in [-0.3, -0.25) is 0 Å². The Hall–Kier alpha value is -3.32. The van der Waals surface area contributed by atoms with E-state index >= 15 is 0 Å². The molecule has 3 rings (SSSR count). The Morgan fingerprint density at radius 1 is 0.909 bits per heavy atom. The first-order valence-corrected chi connectivity index (χ1v) is 11.3. The second-order valence-electron chi connectivity index (χ2n) is 8.48. The largest absolute Gasteiger partial charge is 0.480 e. The number of aryl methyl sites for hydroxylation is 2. The fourth-order valence-corrected chi connectivity index (χ4v) is 3.49. The Morgan fingerprint density at radius 2 is 1.48 bits per heavy atom. The van der Waals surface area contributed by atoms with E-state index in [4.69, 9.17) is 14.8 Å². The first-order valence-electron chi connectivity index (χ1n) is 11.3. The highest BCUT2D eigenvalue weighted by molar-refractivity contribution is 5.78. The van der Waals surface area contributed by atoms with Crippen LogP contribution in [0, 0.1) is 13.8 Å². The summed E-state index contributed by atoms with van der Waals surface area (Å²) in [5.74, 6) is -0.363. The zero-order chi connectivity index (χ0) is 23.8. The average molecular weight is 449 g/mol. The number of carbonyl (C=O) groups is 1. The molecule has 0 saturated heterocycles. The summed E-state index contributed by atoms with van der Waals surface area (Å²) in [4.78, 5) is 17.7. The van der Waals surface area contributed by atoms with Crippen LogP contribution in [0.1, 0.15) is 37.8 Å². The number of nitrogens with zero attached hydrogens (tertiary/aromatic N) is 4. The molecule has 33 heavy (non-hydrogen) atoms. The minimum atomic E-state index is -0.949. The van der Waals surface area contributed by atoms with Crippen molar-refractivity contribution >= 4 is 11.9 Å². The maximum Gasteiger partial charge on any atom is 0.329 e. The lowest BCUT2D eigenvalue weighted by Gasteiger charge is -2.27. The lowest BCUT2D eigenvalue weighted by Crippen LogP contribution is -2.34. The molecule has 3 aromatic rings. The molecule has 1 aromatic heterocycles. The fourth-order valence-electron chi connectivity index (χ4n) is 3.49. The van der Waals surface area contributed by atoms with Crippen LogP contribution in [-0.4, -0.2) is 52.1 Å². The molecule has 174 valence electrons. The zero-order valence-corrected chi connectivity index (χ0v) is 19.8. The van der Waals surface area contributed by atoms with Gasteiger partial charge in [-0.25, -0.2) is 9.78 Å². The van der Waals surface area contributed by atoms with Crippen molar-refractivity contribution in [1.82, 2.24) is 15.2 Å². The van der Waals surface area contributed by atoms with Gasteiger partial charge in [0.2, 0.25) is 5.95 Å². The molecule has 0 aliphatic heterocycles. The highest BCUT2D eigenvalue weighted by Crippen LogP contribution is 2.30. The number of hydrogen-bond acceptors (Lipinski definition) is 6. The minimum Gasteiger partial charge on any atom is -0.480 e. The monoisotopic (exact) mass is 448 g/mol. The molecular formula is C26H32N4O3. The van der Waals surface area contributed by atoms with E-state index < -0.39 is 5.97 Å². The highest BCUT2D eigenvalue weighted by Gasteiger charge is 2.19. The van der Waals surface area contributed by atoms with E-state index in [0.717, 1.165) is 41.9 Å². The highest BCUT2D eigenvalue weighted by atomic mass is 16.5. The molecule has 7 nitrogen and oxygen atoms in total. The molecule has 0 unspecified atom stereocenters. The van der Waals surface area contributed by atoms with Crippen LogP contribution in [0.2, 0.25) is 0 Å². The van der Waals surface area contributed by atoms with Crippen LogP contribution in [0.3, 0.4) is 0 Å². The molecule has 0 atom stereocenters. The predicted octanol–water partition coefficient (Wildman–Crippen LogP) is 4.92. The van der Waals surface area contributed by atoms with Crippen LogP contribution in [-0.2, 0) is 9.53 Å². The molecule has 0 bridgehead atoms. The predicted molar refractivity (Wildman–Crippen MR) is 130 cm³/mol. The van der Waals surface area contributed by atoms with Crippen molar-refractivity contribution in [2.75, 3.05) is 24.7 Å². The standard InChI is InChI=1S/C26H32N4O3/c1-18(2)30(15-5-6-16-33-17-23(31)32)26-27-24(21-11-7-19(3)8-12-21)25(28-29-26)22-13-9-20(4)10-14-22/h7-14,18H,5-6,15-17H2,1-4H3,(H,31,32). The maximum atomic E-state index is 10.6. The van der Waals surface area contributed by atoms with Gasteiger partial charge in [-0.15, -0.1) is 10.2 Å². The first kappa shape index (κ1) is 24.3. The Morgan fingerprint density at radius 3 is 2.03 bits per heavy atom. The molecule has 1 N–H and O–H groups in total. The summed E-state index contributed by atoms with van der Waals surface area (Å²) in [5.41, 5.74) is 5.92. The van der Waals surface area contributed by atoms with Gasteiger partial charge < -0.3 is 14.7 Å². The Bertz CT molecular complexity index is 1050. The van der Waals surface area contributed by atoms with Gasteiger partial charge >= 0.3 is 5.97 Å². The number of hydrogen-bond donors (Lipinski definition) is 1. The van der Waals surface area contributed by atoms with Crippen molar-refractivity contribution in [3.05, 3.63) is 59.7 Å². The molecule has 0 amide bonds. The first-order chi connectivity index (χ1) is 15.8. The summed E-state index contributed by atoms with van der Waals surface area (Å²) in [6.07, 6.45) is 1.59. The number of aliphatic carboxylic acids is 1. The summed E-state index contributed by atoms with van der Waals surface area (Å²) in [5, 5.41) is 17.8. The Labute approximate surface area is 195 Å². The Balaban J connectivity index is 1.87. The molecular weight excluding hydrogens is 416 g/mol. The number of carboxylic acids is 1. The third-order valence-electron chi connectivity index (χ3n) is 5.37. The molecule has 7 heteroatoms. The second-order valence-corrected chi connectivity index (χ2v) is 8.48. The lowest BCUT2D eigenvalue weighted by atomic mass is 10.0. The molecule has 0 saturated carbocycles. The van der Waals surface area contributed by atoms with Gasteiger partial charge in [0.25, 0.3) is 0 Å². The van der Waals surface area contributed by atoms with Crippen LogP contribution < -0.4 is 4.90 Å². The summed E-state index contributed by atoms with van der Waals surface area (Å²) in [6.45, 7) is 9.21. The van der Waals surface area contributed by atoms with Crippen LogP contribution >= 0.6 is 0 Å². The molecule has 1 heterocycles. The second kappa shape index (κ2) is 11.5. The van der Waals surface area contributed by atoms with E-state index in [1.165, 1.54) is 11.1 Å². The summed E-state index contributed by atoms with van der Waals surface area (Å²) in [6, 6.07) is 16.7. The van der Waals surface area contributed by atoms with E-state index in [1.54, 1.807) is 0 Å². The molecule has 0 aliphatic rings. The molecule has 0 aliphatic carbocycles. The third-order valence-corrected chi connectivity index (χ3v) is 5.37. The van der Waals surface area contributed by atoms with E-state index in [9.17, 15) is 4.79 Å². The number of carboxylic acid groups (broad SMARTS) is 1. The van der Waals surface area contributed by atoms with E-state index in [2.05, 4.69) is 91.3 Å². The maximum absolute atomic E-state index is 10.6. The molecule has 0 spiro atoms. The SMILES string of the molecule is Cc1ccc(-c2nnc(N(CCCCOCC(=O)O)C(C)C)nc2-c2ccc(C)cc2)cc1. The van der Waals surface area contributed by atoms with Gasteiger partial charge in [0.1, 0.15) is 18.0 Å². The van der Waals surface area contributed by atoms with Crippen molar-refractivity contribution in [2.24, 2.45) is 0 Å². The number of rotatable bonds is 11. The van der Waals surface area contributed by atoms with Gasteiger partial charge in [-0.2, -0.15) is 0 Å². The van der Waals surface area contributed by atoms with Crippen molar-refractivity contribution in [3.8, 4) is 22.5 Å². The Kier molecular flexibility index (Phi) is 8.49. The van der Waals surface area contributed by atoms with Crippen LogP contribution in [0.15, 0.2) is 48.5 Å². The fraction of sp³-hybridized carbons (Fsp3) is 0.385. The average Bonchev–Trinajstić information content (AvgIpc) is 2.79. The van der Waals surface area contributed by atoms with E-state index in [0.29, 0.717) is 12.6 Å². The van der Waals surface area contributed by atoms with Gasteiger partial charge in [-0.05, 0) is 40.5 Å². The third kappa shape index (κ3) is 6.83. The minimum absolute atomic E-state index is 0.183. The number of benzene rings is 2. The number of anilines is 1. The van der Waals surface area contributed by atoms with E-state index in [1.807, 2.05) is 0 Å². The number of ether oxygens (including phenoxy) is 1. The summed E-state index contributed by atoms with van der Waals surface area (Å²) in [7, 11) is 0. The van der Waals surface area contributed by atoms with Crippen LogP contribution in [0.5, 0.6) is 0 Å². The van der Waals surface area contributed by atoms with Crippen LogP contribution in [0.25, 0.3) is 22.5 Å². The number of unbranched alkanes of at least 4 members (excludes halogenated alkanes) is 1. The smallest absolute Gasteiger partial charge is 0.329 e. The number of aromatic nitrogens is 3. The quantitative estimate of drug-likeness (QED) is 0.417. The van der Waals surface area contributed by atoms with Crippen molar-refractivity contribution < 1.29 is 14.6 Å². The topological polar surface area (TPSA) is 88.4 Å². The van der Waals surface area contributed by atoms with Crippen molar-refractivity contribution in [1.29, 1.82) is 0 Å². The van der Waals surface area contributed by atoms with Gasteiger partial charge in [-0.1, -0.05) is 59.7 Å². The zero-order valence-electron chi connectivity index (χ0n) is 19.8. The van der Waals surface area contributed by atoms with Crippen LogP contribution in [0.4, 0.5) is 5.95 Å². The van der Waals surface area contributed by atoms with Crippen molar-refractivity contribution in [2.45, 2.75) is 46.6 Å². The van der Waals surface area contributed by atoms with Gasteiger partial charge in [0.15, 0.2) is 0 Å². The molecule has 0 fully saturated rings. The summed E-state index contributed by atoms with van der Waals surface area (Å²) >= 11 is 0.